The lowest BCUT2D eigenvalue weighted by atomic mass is 10.00. The number of hydrogen-bond donors (Lipinski definition) is 3. The minimum absolute atomic E-state index is 0.102. The number of hydrogen-bond acceptors (Lipinski definition) is 15. The molecule has 0 aromatic heterocycles. The molecule has 0 saturated heterocycles. The number of phosphoric acid groups is 2. The van der Waals surface area contributed by atoms with Gasteiger partial charge in [-0.2, -0.15) is 0 Å². The highest BCUT2D eigenvalue weighted by Crippen LogP contribution is 2.45. The van der Waals surface area contributed by atoms with Gasteiger partial charge in [-0.15, -0.1) is 0 Å². The van der Waals surface area contributed by atoms with E-state index in [2.05, 4.69) is 48.5 Å². The predicted octanol–water partition coefficient (Wildman–Crippen LogP) is 16.3. The minimum atomic E-state index is -4.94. The number of phosphoric ester groups is 2. The molecule has 474 valence electrons. The second kappa shape index (κ2) is 52.6. The van der Waals surface area contributed by atoms with E-state index >= 15 is 0 Å². The summed E-state index contributed by atoms with van der Waals surface area (Å²) >= 11 is 0. The number of carbonyl (C=O) groups excluding carboxylic acids is 4. The summed E-state index contributed by atoms with van der Waals surface area (Å²) in [4.78, 5) is 72.0. The van der Waals surface area contributed by atoms with Gasteiger partial charge < -0.3 is 33.8 Å². The van der Waals surface area contributed by atoms with Crippen LogP contribution in [0, 0.1) is 17.8 Å². The number of rotatable bonds is 59. The van der Waals surface area contributed by atoms with Crippen LogP contribution in [0.1, 0.15) is 292 Å². The number of carbonyl (C=O) groups is 4. The minimum Gasteiger partial charge on any atom is -0.462 e. The first-order valence-electron chi connectivity index (χ1n) is 31.9. The normalized spacial score (nSPS) is 15.1. The summed E-state index contributed by atoms with van der Waals surface area (Å²) in [6, 6.07) is 0. The molecule has 0 aliphatic rings. The van der Waals surface area contributed by atoms with Crippen molar-refractivity contribution in [2.75, 3.05) is 39.6 Å². The van der Waals surface area contributed by atoms with Crippen LogP contribution in [-0.2, 0) is 65.4 Å². The van der Waals surface area contributed by atoms with Gasteiger partial charge in [0.15, 0.2) is 12.2 Å². The molecule has 0 saturated carbocycles. The maximum Gasteiger partial charge on any atom is 0.472 e. The van der Waals surface area contributed by atoms with Crippen molar-refractivity contribution in [2.45, 2.75) is 311 Å². The lowest BCUT2D eigenvalue weighted by Crippen LogP contribution is -2.30. The molecule has 19 heteroatoms. The van der Waals surface area contributed by atoms with Crippen molar-refractivity contribution < 1.29 is 80.2 Å². The SMILES string of the molecule is CCCCCCCCCCCC(=O)OC[C@H](COP(=O)(O)OC[C@H](O)COP(=O)(O)OC[C@@H](COC(=O)CCCCCCCCC(C)CC)OC(=O)CCCCCCCCCCC(C)C)OC(=O)CCCCCCCCC(C)CC. The van der Waals surface area contributed by atoms with Crippen molar-refractivity contribution in [3.05, 3.63) is 0 Å². The second-order valence-corrected chi connectivity index (χ2v) is 26.0. The van der Waals surface area contributed by atoms with Gasteiger partial charge in [0, 0.05) is 25.7 Å². The average molecular weight is 1190 g/mol. The maximum absolute atomic E-state index is 12.9. The van der Waals surface area contributed by atoms with Crippen LogP contribution in [0.5, 0.6) is 0 Å². The van der Waals surface area contributed by atoms with Crippen LogP contribution >= 0.6 is 15.6 Å². The first-order chi connectivity index (χ1) is 38.3. The van der Waals surface area contributed by atoms with Gasteiger partial charge in [-0.05, 0) is 43.4 Å². The van der Waals surface area contributed by atoms with Gasteiger partial charge in [0.05, 0.1) is 26.4 Å². The van der Waals surface area contributed by atoms with E-state index in [0.29, 0.717) is 25.7 Å². The van der Waals surface area contributed by atoms with E-state index in [1.807, 2.05) is 0 Å². The van der Waals surface area contributed by atoms with Crippen LogP contribution in [0.3, 0.4) is 0 Å². The van der Waals surface area contributed by atoms with Gasteiger partial charge >= 0.3 is 39.5 Å². The number of aliphatic hydroxyl groups is 1. The Labute approximate surface area is 486 Å². The summed E-state index contributed by atoms with van der Waals surface area (Å²) in [7, 11) is -9.88. The molecule has 0 aliphatic heterocycles. The Bertz CT molecular complexity index is 1600. The van der Waals surface area contributed by atoms with Crippen LogP contribution in [0.4, 0.5) is 0 Å². The molecule has 0 amide bonds. The first-order valence-corrected chi connectivity index (χ1v) is 34.9. The molecule has 4 unspecified atom stereocenters. The van der Waals surface area contributed by atoms with Crippen LogP contribution < -0.4 is 0 Å². The molecular formula is C61H118O17P2. The highest BCUT2D eigenvalue weighted by Gasteiger charge is 2.30. The molecule has 0 spiro atoms. The molecule has 0 aromatic rings. The third kappa shape index (κ3) is 52.8. The molecule has 80 heavy (non-hydrogen) atoms. The zero-order valence-electron chi connectivity index (χ0n) is 51.5. The Morgan fingerprint density at radius 2 is 0.637 bits per heavy atom. The predicted molar refractivity (Wildman–Crippen MR) is 317 cm³/mol. The Hall–Kier alpha value is -1.94. The quantitative estimate of drug-likeness (QED) is 0.0222. The van der Waals surface area contributed by atoms with Crippen molar-refractivity contribution in [3.63, 3.8) is 0 Å². The highest BCUT2D eigenvalue weighted by molar-refractivity contribution is 7.47. The summed E-state index contributed by atoms with van der Waals surface area (Å²) in [5.74, 6) is 0.0238. The lowest BCUT2D eigenvalue weighted by molar-refractivity contribution is -0.161. The van der Waals surface area contributed by atoms with E-state index in [-0.39, 0.29) is 25.7 Å². The van der Waals surface area contributed by atoms with Crippen molar-refractivity contribution in [3.8, 4) is 0 Å². The van der Waals surface area contributed by atoms with E-state index < -0.39 is 97.5 Å². The second-order valence-electron chi connectivity index (χ2n) is 23.0. The van der Waals surface area contributed by atoms with Crippen molar-refractivity contribution in [2.24, 2.45) is 17.8 Å². The van der Waals surface area contributed by atoms with Gasteiger partial charge in [-0.1, -0.05) is 241 Å². The number of esters is 4. The fourth-order valence-corrected chi connectivity index (χ4v) is 10.5. The molecule has 0 bridgehead atoms. The standard InChI is InChI=1S/C61H118O17P2/c1-8-11-12-13-14-15-19-28-35-42-58(63)71-48-57(78-61(66)45-38-31-24-22-27-34-41-54(7)10-3)51-76-80(69,70)74-47-55(62)46-73-79(67,68)75-50-56(49-72-59(64)43-36-29-23-21-26-33-40-53(6)9-2)77-60(65)44-37-30-20-17-16-18-25-32-39-52(4)5/h52-57,62H,8-51H2,1-7H3,(H,67,68)(H,69,70)/t53?,54?,55-,56-,57-/m1/s1. The topological polar surface area (TPSA) is 237 Å². The third-order valence-electron chi connectivity index (χ3n) is 14.6. The summed E-state index contributed by atoms with van der Waals surface area (Å²) in [5.41, 5.74) is 0. The Morgan fingerprint density at radius 3 is 0.950 bits per heavy atom. The van der Waals surface area contributed by atoms with Crippen molar-refractivity contribution in [1.82, 2.24) is 0 Å². The molecule has 0 heterocycles. The van der Waals surface area contributed by atoms with Gasteiger partial charge in [0.1, 0.15) is 19.3 Å². The number of ether oxygens (including phenoxy) is 4. The van der Waals surface area contributed by atoms with E-state index in [1.165, 1.54) is 96.3 Å². The summed E-state index contributed by atoms with van der Waals surface area (Å²) in [6.45, 7) is 11.6. The number of unbranched alkanes of at least 4 members (excludes halogenated alkanes) is 25. The first kappa shape index (κ1) is 78.1. The Kier molecular flexibility index (Phi) is 51.3. The fourth-order valence-electron chi connectivity index (χ4n) is 8.89. The molecule has 17 nitrogen and oxygen atoms in total. The van der Waals surface area contributed by atoms with E-state index in [4.69, 9.17) is 37.0 Å². The molecule has 0 aromatic carbocycles. The summed E-state index contributed by atoms with van der Waals surface area (Å²) in [6.07, 6.45) is 32.2. The molecule has 0 aliphatic carbocycles. The van der Waals surface area contributed by atoms with Crippen molar-refractivity contribution in [1.29, 1.82) is 0 Å². The van der Waals surface area contributed by atoms with Crippen LogP contribution in [0.2, 0.25) is 0 Å². The number of aliphatic hydroxyl groups excluding tert-OH is 1. The molecular weight excluding hydrogens is 1070 g/mol. The largest absolute Gasteiger partial charge is 0.472 e. The van der Waals surface area contributed by atoms with E-state index in [1.54, 1.807) is 0 Å². The Balaban J connectivity index is 5.26. The third-order valence-corrected chi connectivity index (χ3v) is 16.5. The summed E-state index contributed by atoms with van der Waals surface area (Å²) < 4.78 is 67.8. The molecule has 3 N–H and O–H groups in total. The van der Waals surface area contributed by atoms with Gasteiger partial charge in [0.25, 0.3) is 0 Å². The maximum atomic E-state index is 12.9. The van der Waals surface area contributed by atoms with Gasteiger partial charge in [-0.25, -0.2) is 9.13 Å². The fraction of sp³-hybridized carbons (Fsp3) is 0.934. The Morgan fingerprint density at radius 1 is 0.362 bits per heavy atom. The highest BCUT2D eigenvalue weighted by atomic mass is 31.2. The molecule has 7 atom stereocenters. The monoisotopic (exact) mass is 1180 g/mol. The van der Waals surface area contributed by atoms with Crippen molar-refractivity contribution >= 4 is 39.5 Å². The smallest absolute Gasteiger partial charge is 0.462 e. The van der Waals surface area contributed by atoms with Crippen LogP contribution in [-0.4, -0.2) is 96.7 Å². The van der Waals surface area contributed by atoms with E-state index in [9.17, 15) is 43.2 Å². The summed E-state index contributed by atoms with van der Waals surface area (Å²) in [5, 5.41) is 10.5. The zero-order valence-corrected chi connectivity index (χ0v) is 53.3. The van der Waals surface area contributed by atoms with Crippen LogP contribution in [0.15, 0.2) is 0 Å². The zero-order chi connectivity index (χ0) is 59.5. The molecule has 0 radical (unpaired) electrons. The lowest BCUT2D eigenvalue weighted by Gasteiger charge is -2.21. The van der Waals surface area contributed by atoms with Crippen LogP contribution in [0.25, 0.3) is 0 Å². The van der Waals surface area contributed by atoms with Gasteiger partial charge in [0.2, 0.25) is 0 Å². The molecule has 0 fully saturated rings. The molecule has 0 rings (SSSR count). The van der Waals surface area contributed by atoms with E-state index in [0.717, 1.165) is 114 Å². The average Bonchev–Trinajstić information content (AvgIpc) is 3.42. The van der Waals surface area contributed by atoms with Gasteiger partial charge in [-0.3, -0.25) is 37.3 Å².